The van der Waals surface area contributed by atoms with Crippen LogP contribution in [0.4, 0.5) is 0 Å². The summed E-state index contributed by atoms with van der Waals surface area (Å²) >= 11 is 0. The van der Waals surface area contributed by atoms with Crippen molar-refractivity contribution in [2.45, 2.75) is 6.42 Å². The van der Waals surface area contributed by atoms with E-state index in [2.05, 4.69) is 4.74 Å². The zero-order valence-corrected chi connectivity index (χ0v) is 12.2. The standard InChI is InChI=1S/C13H19NO5S/c1-18-13(15)10-20(16,17)9-8-19-12-4-2-11(3-5-12)6-7-14/h2-5H,6-10,14H2,1H3. The van der Waals surface area contributed by atoms with Gasteiger partial charge in [0.1, 0.15) is 18.1 Å². The molecular weight excluding hydrogens is 282 g/mol. The first-order valence-electron chi connectivity index (χ1n) is 6.16. The summed E-state index contributed by atoms with van der Waals surface area (Å²) in [5, 5.41) is 0. The quantitative estimate of drug-likeness (QED) is 0.687. The van der Waals surface area contributed by atoms with Crippen LogP contribution in [0.2, 0.25) is 0 Å². The van der Waals surface area contributed by atoms with Gasteiger partial charge in [-0.2, -0.15) is 0 Å². The largest absolute Gasteiger partial charge is 0.493 e. The van der Waals surface area contributed by atoms with E-state index in [1.807, 2.05) is 12.1 Å². The van der Waals surface area contributed by atoms with Gasteiger partial charge in [0.05, 0.1) is 12.9 Å². The molecule has 0 fully saturated rings. The first kappa shape index (κ1) is 16.5. The van der Waals surface area contributed by atoms with Crippen LogP contribution in [-0.2, 0) is 25.8 Å². The maximum Gasteiger partial charge on any atom is 0.320 e. The van der Waals surface area contributed by atoms with Crippen molar-refractivity contribution < 1.29 is 22.7 Å². The smallest absolute Gasteiger partial charge is 0.320 e. The van der Waals surface area contributed by atoms with Crippen LogP contribution < -0.4 is 10.5 Å². The van der Waals surface area contributed by atoms with Gasteiger partial charge in [-0.3, -0.25) is 4.79 Å². The predicted molar refractivity (Wildman–Crippen MR) is 75.4 cm³/mol. The SMILES string of the molecule is COC(=O)CS(=O)(=O)CCOc1ccc(CCN)cc1. The van der Waals surface area contributed by atoms with E-state index < -0.39 is 21.6 Å². The summed E-state index contributed by atoms with van der Waals surface area (Å²) in [4.78, 5) is 10.9. The molecule has 0 heterocycles. The third-order valence-corrected chi connectivity index (χ3v) is 4.05. The monoisotopic (exact) mass is 301 g/mol. The van der Waals surface area contributed by atoms with Gasteiger partial charge in [0.15, 0.2) is 9.84 Å². The summed E-state index contributed by atoms with van der Waals surface area (Å²) in [5.41, 5.74) is 6.54. The number of hydrogen-bond acceptors (Lipinski definition) is 6. The molecule has 112 valence electrons. The van der Waals surface area contributed by atoms with E-state index in [0.717, 1.165) is 19.1 Å². The molecule has 2 N–H and O–H groups in total. The van der Waals surface area contributed by atoms with Crippen molar-refractivity contribution in [2.24, 2.45) is 5.73 Å². The second-order valence-corrected chi connectivity index (χ2v) is 6.38. The third-order valence-electron chi connectivity index (χ3n) is 2.58. The van der Waals surface area contributed by atoms with Crippen LogP contribution in [0.25, 0.3) is 0 Å². The minimum absolute atomic E-state index is 0.00440. The summed E-state index contributed by atoms with van der Waals surface area (Å²) in [6.07, 6.45) is 0.786. The van der Waals surface area contributed by atoms with Crippen LogP contribution in [0.15, 0.2) is 24.3 Å². The van der Waals surface area contributed by atoms with Crippen molar-refractivity contribution >= 4 is 15.8 Å². The average Bonchev–Trinajstić information content (AvgIpc) is 2.40. The molecule has 0 aliphatic carbocycles. The molecule has 0 spiro atoms. The molecule has 0 aromatic heterocycles. The molecule has 6 nitrogen and oxygen atoms in total. The van der Waals surface area contributed by atoms with Crippen molar-refractivity contribution in [2.75, 3.05) is 31.8 Å². The Bertz CT molecular complexity index is 524. The maximum atomic E-state index is 11.5. The van der Waals surface area contributed by atoms with Gasteiger partial charge in [-0.15, -0.1) is 0 Å². The number of sulfone groups is 1. The van der Waals surface area contributed by atoms with Gasteiger partial charge < -0.3 is 15.2 Å². The number of nitrogens with two attached hydrogens (primary N) is 1. The Morgan fingerprint density at radius 2 is 1.90 bits per heavy atom. The van der Waals surface area contributed by atoms with Crippen LogP contribution in [0, 0.1) is 0 Å². The fourth-order valence-corrected chi connectivity index (χ4v) is 2.47. The molecule has 7 heteroatoms. The first-order valence-corrected chi connectivity index (χ1v) is 7.98. The highest BCUT2D eigenvalue weighted by Crippen LogP contribution is 2.12. The van der Waals surface area contributed by atoms with E-state index in [-0.39, 0.29) is 12.4 Å². The zero-order chi connectivity index (χ0) is 15.0. The van der Waals surface area contributed by atoms with Crippen LogP contribution in [0.5, 0.6) is 5.75 Å². The second kappa shape index (κ2) is 7.86. The minimum atomic E-state index is -3.50. The summed E-state index contributed by atoms with van der Waals surface area (Å²) in [6.45, 7) is 0.571. The molecule has 0 radical (unpaired) electrons. The molecule has 1 rings (SSSR count). The number of hydrogen-bond donors (Lipinski definition) is 1. The maximum absolute atomic E-state index is 11.5. The van der Waals surface area contributed by atoms with Gasteiger partial charge in [0.25, 0.3) is 0 Å². The Hall–Kier alpha value is -1.60. The molecule has 0 amide bonds. The van der Waals surface area contributed by atoms with Gasteiger partial charge in [-0.05, 0) is 30.7 Å². The van der Waals surface area contributed by atoms with Gasteiger partial charge >= 0.3 is 5.97 Å². The first-order chi connectivity index (χ1) is 9.46. The fraction of sp³-hybridized carbons (Fsp3) is 0.462. The number of benzene rings is 1. The molecule has 0 bridgehead atoms. The van der Waals surface area contributed by atoms with E-state index in [4.69, 9.17) is 10.5 Å². The zero-order valence-electron chi connectivity index (χ0n) is 11.4. The summed E-state index contributed by atoms with van der Waals surface area (Å²) < 4.78 is 32.7. The lowest BCUT2D eigenvalue weighted by Gasteiger charge is -2.07. The summed E-state index contributed by atoms with van der Waals surface area (Å²) in [6, 6.07) is 7.28. The summed E-state index contributed by atoms with van der Waals surface area (Å²) in [7, 11) is -2.35. The van der Waals surface area contributed by atoms with Gasteiger partial charge in [-0.1, -0.05) is 12.1 Å². The lowest BCUT2D eigenvalue weighted by Crippen LogP contribution is -2.23. The molecule has 0 saturated heterocycles. The van der Waals surface area contributed by atoms with E-state index >= 15 is 0 Å². The van der Waals surface area contributed by atoms with Crippen LogP contribution >= 0.6 is 0 Å². The Labute approximate surface area is 118 Å². The third kappa shape index (κ3) is 6.03. The number of ether oxygens (including phenoxy) is 2. The number of rotatable bonds is 8. The lowest BCUT2D eigenvalue weighted by atomic mass is 10.1. The van der Waals surface area contributed by atoms with Crippen molar-refractivity contribution in [1.82, 2.24) is 0 Å². The van der Waals surface area contributed by atoms with Gasteiger partial charge in [0, 0.05) is 0 Å². The topological polar surface area (TPSA) is 95.7 Å². The molecule has 20 heavy (non-hydrogen) atoms. The van der Waals surface area contributed by atoms with Gasteiger partial charge in [0.2, 0.25) is 0 Å². The number of carbonyl (C=O) groups is 1. The van der Waals surface area contributed by atoms with Crippen molar-refractivity contribution in [3.05, 3.63) is 29.8 Å². The molecule has 0 atom stereocenters. The average molecular weight is 301 g/mol. The molecule has 0 saturated carbocycles. The fourth-order valence-electron chi connectivity index (χ4n) is 1.52. The molecule has 1 aromatic rings. The Kier molecular flexibility index (Phi) is 6.47. The van der Waals surface area contributed by atoms with Crippen molar-refractivity contribution in [3.63, 3.8) is 0 Å². The van der Waals surface area contributed by atoms with E-state index in [0.29, 0.717) is 12.3 Å². The van der Waals surface area contributed by atoms with Gasteiger partial charge in [-0.25, -0.2) is 8.42 Å². The number of methoxy groups -OCH3 is 1. The number of esters is 1. The highest BCUT2D eigenvalue weighted by atomic mass is 32.2. The molecule has 0 unspecified atom stereocenters. The van der Waals surface area contributed by atoms with Crippen molar-refractivity contribution in [1.29, 1.82) is 0 Å². The minimum Gasteiger partial charge on any atom is -0.493 e. The molecular formula is C13H19NO5S. The highest BCUT2D eigenvalue weighted by molar-refractivity contribution is 7.92. The Morgan fingerprint density at radius 1 is 1.25 bits per heavy atom. The lowest BCUT2D eigenvalue weighted by molar-refractivity contribution is -0.137. The molecule has 0 aliphatic rings. The Morgan fingerprint density at radius 3 is 2.45 bits per heavy atom. The van der Waals surface area contributed by atoms with E-state index in [1.165, 1.54) is 0 Å². The highest BCUT2D eigenvalue weighted by Gasteiger charge is 2.17. The summed E-state index contributed by atoms with van der Waals surface area (Å²) in [5.74, 6) is -1.04. The van der Waals surface area contributed by atoms with E-state index in [1.54, 1.807) is 12.1 Å². The predicted octanol–water partition coefficient (Wildman–Crippen LogP) is 0.154. The van der Waals surface area contributed by atoms with Crippen molar-refractivity contribution in [3.8, 4) is 5.75 Å². The molecule has 0 aliphatic heterocycles. The normalized spacial score (nSPS) is 11.1. The van der Waals surface area contributed by atoms with Crippen LogP contribution in [0.3, 0.4) is 0 Å². The van der Waals surface area contributed by atoms with Crippen LogP contribution in [0.1, 0.15) is 5.56 Å². The Balaban J connectivity index is 2.42. The van der Waals surface area contributed by atoms with Crippen LogP contribution in [-0.4, -0.2) is 46.2 Å². The second-order valence-electron chi connectivity index (χ2n) is 4.20. The molecule has 1 aromatic carbocycles. The van der Waals surface area contributed by atoms with E-state index in [9.17, 15) is 13.2 Å². The number of carbonyl (C=O) groups excluding carboxylic acids is 1.